The number of ether oxygens (including phenoxy) is 1. The first-order chi connectivity index (χ1) is 9.44. The smallest absolute Gasteiger partial charge is 0.245 e. The number of methoxy groups -OCH3 is 1. The maximum Gasteiger partial charge on any atom is 0.245 e. The molecule has 1 aliphatic carbocycles. The van der Waals surface area contributed by atoms with Crippen LogP contribution in [0, 0.1) is 11.3 Å². The molecular formula is C14H19ClN4O. The van der Waals surface area contributed by atoms with Gasteiger partial charge in [0.1, 0.15) is 12.2 Å². The first kappa shape index (κ1) is 13.6. The van der Waals surface area contributed by atoms with Crippen molar-refractivity contribution in [2.24, 2.45) is 11.3 Å². The number of rotatable bonds is 4. The summed E-state index contributed by atoms with van der Waals surface area (Å²) in [5, 5.41) is -0.171. The van der Waals surface area contributed by atoms with Crippen molar-refractivity contribution >= 4 is 22.8 Å². The quantitative estimate of drug-likeness (QED) is 0.813. The Bertz CT molecular complexity index is 650. The Labute approximate surface area is 123 Å². The molecule has 0 aliphatic heterocycles. The molecule has 5 nitrogen and oxygen atoms in total. The molecule has 2 unspecified atom stereocenters. The van der Waals surface area contributed by atoms with Crippen molar-refractivity contribution in [1.29, 1.82) is 0 Å². The molecule has 2 aromatic heterocycles. The van der Waals surface area contributed by atoms with Gasteiger partial charge in [-0.05, 0) is 24.7 Å². The third-order valence-electron chi connectivity index (χ3n) is 4.20. The number of fused-ring (bicyclic) bond motifs is 1. The van der Waals surface area contributed by atoms with Gasteiger partial charge in [0.2, 0.25) is 5.88 Å². The van der Waals surface area contributed by atoms with Gasteiger partial charge < -0.3 is 9.30 Å². The number of imidazole rings is 1. The highest BCUT2D eigenvalue weighted by atomic mass is 35.5. The van der Waals surface area contributed by atoms with Gasteiger partial charge in [-0.1, -0.05) is 13.8 Å². The number of aromatic nitrogens is 4. The third kappa shape index (κ3) is 2.14. The van der Waals surface area contributed by atoms with E-state index in [2.05, 4.69) is 33.4 Å². The first-order valence-corrected chi connectivity index (χ1v) is 7.27. The zero-order chi connectivity index (χ0) is 14.5. The van der Waals surface area contributed by atoms with Gasteiger partial charge in [-0.25, -0.2) is 9.97 Å². The Morgan fingerprint density at radius 2 is 2.20 bits per heavy atom. The largest absolute Gasteiger partial charge is 0.479 e. The minimum absolute atomic E-state index is 0.171. The molecule has 0 N–H and O–H groups in total. The van der Waals surface area contributed by atoms with Crippen molar-refractivity contribution in [3.05, 3.63) is 12.2 Å². The molecule has 1 fully saturated rings. The highest BCUT2D eigenvalue weighted by Gasteiger charge is 2.46. The molecule has 6 heteroatoms. The molecule has 0 radical (unpaired) electrons. The molecule has 1 aliphatic rings. The molecule has 0 saturated heterocycles. The molecule has 2 heterocycles. The summed E-state index contributed by atoms with van der Waals surface area (Å²) in [6.45, 7) is 7.40. The van der Waals surface area contributed by atoms with Gasteiger partial charge >= 0.3 is 0 Å². The molecule has 2 aromatic rings. The Kier molecular flexibility index (Phi) is 3.12. The molecule has 1 saturated carbocycles. The van der Waals surface area contributed by atoms with Gasteiger partial charge in [0.05, 0.1) is 12.5 Å². The van der Waals surface area contributed by atoms with Crippen LogP contribution in [0.15, 0.2) is 6.33 Å². The lowest BCUT2D eigenvalue weighted by Gasteiger charge is -2.10. The van der Waals surface area contributed by atoms with Crippen molar-refractivity contribution < 1.29 is 4.74 Å². The van der Waals surface area contributed by atoms with Gasteiger partial charge in [-0.3, -0.25) is 0 Å². The molecule has 20 heavy (non-hydrogen) atoms. The molecule has 108 valence electrons. The highest BCUT2D eigenvalue weighted by Crippen LogP contribution is 2.53. The van der Waals surface area contributed by atoms with E-state index >= 15 is 0 Å². The van der Waals surface area contributed by atoms with Crippen molar-refractivity contribution in [2.75, 3.05) is 7.11 Å². The van der Waals surface area contributed by atoms with Gasteiger partial charge in [0.15, 0.2) is 11.2 Å². The second-order valence-corrected chi connectivity index (χ2v) is 6.80. The summed E-state index contributed by atoms with van der Waals surface area (Å²) in [6.07, 6.45) is 2.74. The summed E-state index contributed by atoms with van der Waals surface area (Å²) in [4.78, 5) is 13.1. The predicted octanol–water partition coefficient (Wildman–Crippen LogP) is 3.18. The highest BCUT2D eigenvalue weighted by molar-refractivity contribution is 6.20. The fraction of sp³-hybridized carbons (Fsp3) is 0.643. The molecular weight excluding hydrogens is 276 g/mol. The van der Waals surface area contributed by atoms with E-state index in [0.717, 1.165) is 18.0 Å². The standard InChI is InChI=1S/C14H19ClN4O/c1-8(15)11-18-10-12(16-7-17-13(10)20-4)19(11)6-9-5-14(9,2)3/h7-9H,5-6H2,1-4H3. The lowest BCUT2D eigenvalue weighted by Crippen LogP contribution is -2.09. The number of halogens is 1. The van der Waals surface area contributed by atoms with Crippen LogP contribution >= 0.6 is 11.6 Å². The fourth-order valence-corrected chi connectivity index (χ4v) is 2.84. The van der Waals surface area contributed by atoms with Gasteiger partial charge in [-0.2, -0.15) is 4.98 Å². The van der Waals surface area contributed by atoms with E-state index in [-0.39, 0.29) is 5.38 Å². The lowest BCUT2D eigenvalue weighted by atomic mass is 10.1. The van der Waals surface area contributed by atoms with E-state index in [4.69, 9.17) is 16.3 Å². The molecule has 0 spiro atoms. The van der Waals surface area contributed by atoms with E-state index in [1.54, 1.807) is 7.11 Å². The van der Waals surface area contributed by atoms with Crippen LogP contribution in [0.2, 0.25) is 0 Å². The fourth-order valence-electron chi connectivity index (χ4n) is 2.67. The van der Waals surface area contributed by atoms with Crippen LogP contribution in [0.4, 0.5) is 0 Å². The van der Waals surface area contributed by atoms with E-state index in [9.17, 15) is 0 Å². The number of nitrogens with zero attached hydrogens (tertiary/aromatic N) is 4. The normalized spacial score (nSPS) is 21.9. The summed E-state index contributed by atoms with van der Waals surface area (Å²) in [5.41, 5.74) is 1.90. The van der Waals surface area contributed by atoms with Crippen molar-refractivity contribution in [3.8, 4) is 5.88 Å². The Morgan fingerprint density at radius 3 is 2.75 bits per heavy atom. The third-order valence-corrected chi connectivity index (χ3v) is 4.39. The van der Waals surface area contributed by atoms with Crippen LogP contribution in [0.5, 0.6) is 5.88 Å². The molecule has 0 amide bonds. The van der Waals surface area contributed by atoms with Crippen LogP contribution < -0.4 is 4.74 Å². The average molecular weight is 295 g/mol. The minimum Gasteiger partial charge on any atom is -0.479 e. The van der Waals surface area contributed by atoms with E-state index in [1.165, 1.54) is 12.7 Å². The van der Waals surface area contributed by atoms with Crippen LogP contribution in [0.1, 0.15) is 38.4 Å². The zero-order valence-electron chi connectivity index (χ0n) is 12.2. The summed E-state index contributed by atoms with van der Waals surface area (Å²) < 4.78 is 7.39. The monoisotopic (exact) mass is 294 g/mol. The summed E-state index contributed by atoms with van der Waals surface area (Å²) in [6, 6.07) is 0. The lowest BCUT2D eigenvalue weighted by molar-refractivity contribution is 0.401. The summed E-state index contributed by atoms with van der Waals surface area (Å²) in [5.74, 6) is 1.99. The Morgan fingerprint density at radius 1 is 1.50 bits per heavy atom. The van der Waals surface area contributed by atoms with Crippen LogP contribution in [0.25, 0.3) is 11.2 Å². The molecule has 3 rings (SSSR count). The van der Waals surface area contributed by atoms with Gasteiger partial charge in [0.25, 0.3) is 0 Å². The number of hydrogen-bond acceptors (Lipinski definition) is 4. The predicted molar refractivity (Wildman–Crippen MR) is 78.0 cm³/mol. The van der Waals surface area contributed by atoms with E-state index in [1.807, 2.05) is 6.92 Å². The molecule has 0 aromatic carbocycles. The van der Waals surface area contributed by atoms with Crippen molar-refractivity contribution in [1.82, 2.24) is 19.5 Å². The second-order valence-electron chi connectivity index (χ2n) is 6.14. The molecule has 0 bridgehead atoms. The zero-order valence-corrected chi connectivity index (χ0v) is 13.0. The average Bonchev–Trinajstić information content (AvgIpc) is 2.83. The van der Waals surface area contributed by atoms with E-state index < -0.39 is 0 Å². The Balaban J connectivity index is 2.10. The number of hydrogen-bond donors (Lipinski definition) is 0. The number of alkyl halides is 1. The van der Waals surface area contributed by atoms with Crippen LogP contribution in [-0.2, 0) is 6.54 Å². The summed E-state index contributed by atoms with van der Waals surface area (Å²) >= 11 is 6.28. The van der Waals surface area contributed by atoms with Crippen molar-refractivity contribution in [3.63, 3.8) is 0 Å². The maximum absolute atomic E-state index is 6.28. The molecule has 2 atom stereocenters. The first-order valence-electron chi connectivity index (χ1n) is 6.83. The van der Waals surface area contributed by atoms with Crippen molar-refractivity contribution in [2.45, 2.75) is 39.1 Å². The SMILES string of the molecule is COc1ncnc2c1nc(C(C)Cl)n2CC1CC1(C)C. The minimum atomic E-state index is -0.171. The Hall–Kier alpha value is -1.36. The van der Waals surface area contributed by atoms with Crippen LogP contribution in [0.3, 0.4) is 0 Å². The van der Waals surface area contributed by atoms with Crippen LogP contribution in [-0.4, -0.2) is 26.6 Å². The summed E-state index contributed by atoms with van der Waals surface area (Å²) in [7, 11) is 1.59. The topological polar surface area (TPSA) is 52.8 Å². The van der Waals surface area contributed by atoms with E-state index in [0.29, 0.717) is 22.7 Å². The van der Waals surface area contributed by atoms with Gasteiger partial charge in [0, 0.05) is 6.54 Å². The van der Waals surface area contributed by atoms with Gasteiger partial charge in [-0.15, -0.1) is 11.6 Å². The maximum atomic E-state index is 6.28. The second kappa shape index (κ2) is 4.58.